The maximum atomic E-state index is 12.8. The van der Waals surface area contributed by atoms with Crippen molar-refractivity contribution in [1.82, 2.24) is 4.98 Å². The van der Waals surface area contributed by atoms with E-state index >= 15 is 0 Å². The number of benzene rings is 2. The first-order valence-corrected chi connectivity index (χ1v) is 11.9. The summed E-state index contributed by atoms with van der Waals surface area (Å²) in [4.78, 5) is 52.7. The smallest absolute Gasteiger partial charge is 0.323 e. The number of pyridine rings is 1. The number of ketones is 1. The Morgan fingerprint density at radius 3 is 2.40 bits per heavy atom. The molecular formula is C27H26N4O4. The topological polar surface area (TPSA) is 120 Å². The van der Waals surface area contributed by atoms with Crippen molar-refractivity contribution in [2.45, 2.75) is 44.9 Å². The van der Waals surface area contributed by atoms with Crippen LogP contribution < -0.4 is 21.5 Å². The molecule has 2 aliphatic rings. The van der Waals surface area contributed by atoms with Crippen molar-refractivity contribution in [3.63, 3.8) is 0 Å². The van der Waals surface area contributed by atoms with Crippen molar-refractivity contribution in [3.05, 3.63) is 86.8 Å². The Balaban J connectivity index is 1.28. The summed E-state index contributed by atoms with van der Waals surface area (Å²) in [6.45, 7) is 0. The fraction of sp³-hybridized carbons (Fsp3) is 0.259. The highest BCUT2D eigenvalue weighted by atomic mass is 16.2. The molecule has 35 heavy (non-hydrogen) atoms. The van der Waals surface area contributed by atoms with Crippen LogP contribution in [0.2, 0.25) is 0 Å². The summed E-state index contributed by atoms with van der Waals surface area (Å²) < 4.78 is 0. The fourth-order valence-corrected chi connectivity index (χ4v) is 4.80. The van der Waals surface area contributed by atoms with Gasteiger partial charge in [-0.3, -0.25) is 14.4 Å². The van der Waals surface area contributed by atoms with Crippen molar-refractivity contribution in [2.75, 3.05) is 16.0 Å². The van der Waals surface area contributed by atoms with Gasteiger partial charge < -0.3 is 20.9 Å². The number of H-pyrrole nitrogens is 1. The Kier molecular flexibility index (Phi) is 6.18. The third-order valence-electron chi connectivity index (χ3n) is 6.52. The molecule has 3 aromatic rings. The average Bonchev–Trinajstić information content (AvgIpc) is 2.84. The number of carbonyl (C=O) groups excluding carboxylic acids is 3. The molecule has 0 saturated heterocycles. The van der Waals surface area contributed by atoms with Gasteiger partial charge in [-0.25, -0.2) is 4.79 Å². The number of hydrogen-bond acceptors (Lipinski definition) is 4. The van der Waals surface area contributed by atoms with E-state index in [2.05, 4.69) is 27.0 Å². The second-order valence-corrected chi connectivity index (χ2v) is 8.95. The Labute approximate surface area is 202 Å². The number of hydrogen-bond donors (Lipinski definition) is 4. The molecule has 2 aromatic carbocycles. The molecule has 8 heteroatoms. The van der Waals surface area contributed by atoms with Crippen molar-refractivity contribution in [2.24, 2.45) is 0 Å². The summed E-state index contributed by atoms with van der Waals surface area (Å²) in [5.74, 6) is -0.696. The highest BCUT2D eigenvalue weighted by molar-refractivity contribution is 6.07. The third kappa shape index (κ3) is 4.87. The van der Waals surface area contributed by atoms with Crippen LogP contribution >= 0.6 is 0 Å². The molecule has 0 aliphatic heterocycles. The van der Waals surface area contributed by atoms with Crippen LogP contribution in [0, 0.1) is 0 Å². The second kappa shape index (κ2) is 9.58. The van der Waals surface area contributed by atoms with E-state index in [9.17, 15) is 19.2 Å². The summed E-state index contributed by atoms with van der Waals surface area (Å²) in [5.41, 5.74) is 4.50. The van der Waals surface area contributed by atoms with Crippen molar-refractivity contribution >= 4 is 34.8 Å². The molecule has 0 fully saturated rings. The zero-order valence-corrected chi connectivity index (χ0v) is 19.2. The zero-order chi connectivity index (χ0) is 24.4. The van der Waals surface area contributed by atoms with Crippen LogP contribution in [0.3, 0.4) is 0 Å². The minimum atomic E-state index is -0.620. The monoisotopic (exact) mass is 470 g/mol. The number of rotatable bonds is 4. The number of urea groups is 1. The minimum absolute atomic E-state index is 0.0755. The molecule has 0 bridgehead atoms. The molecular weight excluding hydrogens is 444 g/mol. The number of aryl methyl sites for hydroxylation is 2. The first-order chi connectivity index (χ1) is 17.0. The van der Waals surface area contributed by atoms with Gasteiger partial charge in [0.05, 0.1) is 0 Å². The third-order valence-corrected chi connectivity index (χ3v) is 6.52. The number of Topliss-reactive ketones (excluding diaryl/α,β-unsaturated/α-hetero) is 1. The van der Waals surface area contributed by atoms with Crippen LogP contribution in [0.4, 0.5) is 21.9 Å². The molecule has 5 rings (SSSR count). The maximum Gasteiger partial charge on any atom is 0.323 e. The number of aromatic nitrogens is 1. The number of aromatic amines is 1. The van der Waals surface area contributed by atoms with E-state index in [4.69, 9.17) is 0 Å². The molecule has 0 saturated carbocycles. The van der Waals surface area contributed by atoms with E-state index in [1.54, 1.807) is 24.3 Å². The second-order valence-electron chi connectivity index (χ2n) is 8.95. The molecule has 1 aromatic heterocycles. The summed E-state index contributed by atoms with van der Waals surface area (Å²) in [7, 11) is 0. The van der Waals surface area contributed by atoms with Crippen LogP contribution in [-0.4, -0.2) is 22.7 Å². The van der Waals surface area contributed by atoms with Crippen molar-refractivity contribution in [3.8, 4) is 0 Å². The summed E-state index contributed by atoms with van der Waals surface area (Å²) in [5, 5.41) is 8.41. The standard InChI is InChI=1S/C27H26N4O4/c32-24-13-5-12-23-20(24)15-21(26(34)30-23)25(33)28-17-8-4-9-18(14-17)29-27(35)31-22-11-3-7-16-6-1-2-10-19(16)22/h3-4,7-9,11,14-15H,1-2,5-6,10,12-13H2,(H,28,33)(H,30,34)(H2,29,31,35). The fourth-order valence-electron chi connectivity index (χ4n) is 4.80. The molecule has 0 radical (unpaired) electrons. The van der Waals surface area contributed by atoms with E-state index in [0.29, 0.717) is 41.9 Å². The summed E-state index contributed by atoms with van der Waals surface area (Å²) in [6, 6.07) is 13.6. The molecule has 4 N–H and O–H groups in total. The van der Waals surface area contributed by atoms with Gasteiger partial charge >= 0.3 is 6.03 Å². The highest BCUT2D eigenvalue weighted by Crippen LogP contribution is 2.28. The Morgan fingerprint density at radius 2 is 1.54 bits per heavy atom. The van der Waals surface area contributed by atoms with Crippen LogP contribution in [0.15, 0.2) is 53.3 Å². The lowest BCUT2D eigenvalue weighted by atomic mass is 9.90. The van der Waals surface area contributed by atoms with Crippen molar-refractivity contribution in [1.29, 1.82) is 0 Å². The number of amides is 3. The van der Waals surface area contributed by atoms with Gasteiger partial charge in [0.25, 0.3) is 11.5 Å². The highest BCUT2D eigenvalue weighted by Gasteiger charge is 2.22. The molecule has 2 aliphatic carbocycles. The van der Waals surface area contributed by atoms with Crippen molar-refractivity contribution < 1.29 is 14.4 Å². The Morgan fingerprint density at radius 1 is 0.771 bits per heavy atom. The lowest BCUT2D eigenvalue weighted by Gasteiger charge is -2.19. The van der Waals surface area contributed by atoms with Gasteiger partial charge in [-0.2, -0.15) is 0 Å². The molecule has 3 amide bonds. The molecule has 1 heterocycles. The molecule has 0 spiro atoms. The molecule has 178 valence electrons. The number of anilines is 3. The largest absolute Gasteiger partial charge is 0.325 e. The first kappa shape index (κ1) is 22.6. The van der Waals surface area contributed by atoms with Gasteiger partial charge in [-0.05, 0) is 80.0 Å². The van der Waals surface area contributed by atoms with Gasteiger partial charge in [0.1, 0.15) is 5.56 Å². The SMILES string of the molecule is O=C(Nc1cccc(NC(=O)c2cc3c([nH]c2=O)CCCC3=O)c1)Nc1cccc2c1CCCC2. The molecule has 0 unspecified atom stereocenters. The molecule has 0 atom stereocenters. The maximum absolute atomic E-state index is 12.8. The van der Waals surface area contributed by atoms with E-state index in [0.717, 1.165) is 31.4 Å². The van der Waals surface area contributed by atoms with Crippen LogP contribution in [0.1, 0.15) is 63.2 Å². The normalized spacial score (nSPS) is 14.5. The van der Waals surface area contributed by atoms with Gasteiger partial charge in [-0.1, -0.05) is 18.2 Å². The van der Waals surface area contributed by atoms with E-state index in [1.165, 1.54) is 17.2 Å². The van der Waals surface area contributed by atoms with Gasteiger partial charge in [0, 0.05) is 34.7 Å². The Bertz CT molecular complexity index is 1390. The molecule has 8 nitrogen and oxygen atoms in total. The lowest BCUT2D eigenvalue weighted by Crippen LogP contribution is -2.27. The predicted molar refractivity (Wildman–Crippen MR) is 134 cm³/mol. The van der Waals surface area contributed by atoms with Crippen LogP contribution in [-0.2, 0) is 19.3 Å². The van der Waals surface area contributed by atoms with Gasteiger partial charge in [-0.15, -0.1) is 0 Å². The van der Waals surface area contributed by atoms with E-state index < -0.39 is 11.5 Å². The van der Waals surface area contributed by atoms with Crippen LogP contribution in [0.5, 0.6) is 0 Å². The number of nitrogens with one attached hydrogen (secondary N) is 4. The van der Waals surface area contributed by atoms with Gasteiger partial charge in [0.2, 0.25) is 0 Å². The zero-order valence-electron chi connectivity index (χ0n) is 19.2. The minimum Gasteiger partial charge on any atom is -0.325 e. The first-order valence-electron chi connectivity index (χ1n) is 11.9. The average molecular weight is 471 g/mol. The van der Waals surface area contributed by atoms with Gasteiger partial charge in [0.15, 0.2) is 5.78 Å². The Hall–Kier alpha value is -4.20. The number of carbonyl (C=O) groups is 3. The lowest BCUT2D eigenvalue weighted by molar-refractivity contribution is 0.0971. The van der Waals surface area contributed by atoms with E-state index in [1.807, 2.05) is 12.1 Å². The quantitative estimate of drug-likeness (QED) is 0.443. The number of fused-ring (bicyclic) bond motifs is 2. The summed E-state index contributed by atoms with van der Waals surface area (Å²) >= 11 is 0. The predicted octanol–water partition coefficient (Wildman–Crippen LogP) is 4.67. The van der Waals surface area contributed by atoms with E-state index in [-0.39, 0.29) is 17.4 Å². The van der Waals surface area contributed by atoms with Crippen LogP contribution in [0.25, 0.3) is 0 Å². The summed E-state index contributed by atoms with van der Waals surface area (Å²) in [6.07, 6.45) is 5.94.